The highest BCUT2D eigenvalue weighted by Gasteiger charge is 2.25. The van der Waals surface area contributed by atoms with E-state index in [1.54, 1.807) is 26.2 Å². The topological polar surface area (TPSA) is 85.5 Å². The molecule has 1 aromatic heterocycles. The summed E-state index contributed by atoms with van der Waals surface area (Å²) in [7, 11) is 1.60. The van der Waals surface area contributed by atoms with Crippen molar-refractivity contribution >= 4 is 17.4 Å². The van der Waals surface area contributed by atoms with E-state index in [2.05, 4.69) is 4.98 Å². The molecule has 0 bridgehead atoms. The molecule has 0 aliphatic carbocycles. The molecule has 1 aromatic carbocycles. The highest BCUT2D eigenvalue weighted by atomic mass is 16.5. The Balaban J connectivity index is 0.00000176. The van der Waals surface area contributed by atoms with Gasteiger partial charge in [0, 0.05) is 43.0 Å². The zero-order valence-corrected chi connectivity index (χ0v) is 19.8. The molecule has 174 valence electrons. The van der Waals surface area contributed by atoms with Gasteiger partial charge in [0.15, 0.2) is 0 Å². The third kappa shape index (κ3) is 7.36. The summed E-state index contributed by atoms with van der Waals surface area (Å²) in [5.74, 6) is 1.57. The third-order valence-electron chi connectivity index (χ3n) is 5.93. The number of pyridine rings is 1. The van der Waals surface area contributed by atoms with Gasteiger partial charge in [-0.3, -0.25) is 4.79 Å². The fourth-order valence-electron chi connectivity index (χ4n) is 4.20. The van der Waals surface area contributed by atoms with Crippen molar-refractivity contribution in [2.45, 2.75) is 58.8 Å². The maximum absolute atomic E-state index is 12.7. The number of ketones is 1. The second-order valence-electron chi connectivity index (χ2n) is 8.18. The molecule has 2 aromatic rings. The fraction of sp³-hybridized carbons (Fsp3) is 0.500. The summed E-state index contributed by atoms with van der Waals surface area (Å²) in [5, 5.41) is 0. The quantitative estimate of drug-likeness (QED) is 0.579. The minimum absolute atomic E-state index is 0.0551. The molecule has 3 rings (SSSR count). The van der Waals surface area contributed by atoms with Crippen LogP contribution in [0.15, 0.2) is 42.6 Å². The first kappa shape index (κ1) is 25.4. The van der Waals surface area contributed by atoms with Gasteiger partial charge in [-0.1, -0.05) is 26.0 Å². The van der Waals surface area contributed by atoms with Crippen LogP contribution in [0.5, 0.6) is 5.88 Å². The average molecular weight is 440 g/mol. The van der Waals surface area contributed by atoms with E-state index in [1.165, 1.54) is 0 Å². The van der Waals surface area contributed by atoms with E-state index >= 15 is 0 Å². The van der Waals surface area contributed by atoms with Crippen molar-refractivity contribution in [1.29, 1.82) is 0 Å². The van der Waals surface area contributed by atoms with E-state index in [-0.39, 0.29) is 17.6 Å². The Kier molecular flexibility index (Phi) is 10.2. The number of nitrogen functional groups attached to an aromatic ring is 1. The van der Waals surface area contributed by atoms with Crippen LogP contribution in [0.4, 0.5) is 5.69 Å². The van der Waals surface area contributed by atoms with Crippen LogP contribution in [-0.4, -0.2) is 41.8 Å². The Morgan fingerprint density at radius 2 is 1.91 bits per heavy atom. The molecule has 1 fully saturated rings. The molecular formula is C26H37N3O3. The van der Waals surface area contributed by atoms with Crippen LogP contribution < -0.4 is 10.5 Å². The molecular weight excluding hydrogens is 402 g/mol. The Bertz CT molecular complexity index is 859. The number of rotatable bonds is 8. The molecule has 6 heteroatoms. The Morgan fingerprint density at radius 3 is 2.47 bits per heavy atom. The van der Waals surface area contributed by atoms with Crippen molar-refractivity contribution in [3.8, 4) is 5.88 Å². The Hall–Kier alpha value is -2.89. The predicted molar refractivity (Wildman–Crippen MR) is 129 cm³/mol. The zero-order chi connectivity index (χ0) is 23.5. The Labute approximate surface area is 192 Å². The van der Waals surface area contributed by atoms with Gasteiger partial charge >= 0.3 is 0 Å². The molecule has 1 amide bonds. The molecule has 0 spiro atoms. The van der Waals surface area contributed by atoms with Crippen LogP contribution in [0.3, 0.4) is 0 Å². The summed E-state index contributed by atoms with van der Waals surface area (Å²) >= 11 is 0. The van der Waals surface area contributed by atoms with Gasteiger partial charge in [0.2, 0.25) is 5.88 Å². The van der Waals surface area contributed by atoms with Crippen molar-refractivity contribution in [3.63, 3.8) is 0 Å². The number of likely N-dealkylation sites (tertiary alicyclic amines) is 1. The number of hydrogen-bond acceptors (Lipinski definition) is 5. The van der Waals surface area contributed by atoms with E-state index in [0.29, 0.717) is 29.5 Å². The van der Waals surface area contributed by atoms with Crippen molar-refractivity contribution in [3.05, 3.63) is 53.7 Å². The number of piperidine rings is 1. The number of hydrogen-bond donors (Lipinski definition) is 1. The van der Waals surface area contributed by atoms with E-state index in [1.807, 2.05) is 49.2 Å². The molecule has 6 nitrogen and oxygen atoms in total. The number of amides is 1. The van der Waals surface area contributed by atoms with E-state index in [4.69, 9.17) is 10.5 Å². The van der Waals surface area contributed by atoms with E-state index in [9.17, 15) is 9.59 Å². The number of aromatic nitrogens is 1. The number of carbonyl (C=O) groups excluding carboxylic acids is 2. The van der Waals surface area contributed by atoms with Gasteiger partial charge in [-0.15, -0.1) is 0 Å². The predicted octanol–water partition coefficient (Wildman–Crippen LogP) is 5.09. The number of methoxy groups -OCH3 is 1. The van der Waals surface area contributed by atoms with Gasteiger partial charge in [-0.2, -0.15) is 0 Å². The lowest BCUT2D eigenvalue weighted by molar-refractivity contribution is -0.117. The molecule has 1 atom stereocenters. The summed E-state index contributed by atoms with van der Waals surface area (Å²) < 4.78 is 5.14. The Morgan fingerprint density at radius 1 is 1.19 bits per heavy atom. The van der Waals surface area contributed by atoms with Crippen molar-refractivity contribution < 1.29 is 14.3 Å². The molecule has 1 saturated heterocycles. The van der Waals surface area contributed by atoms with Gasteiger partial charge in [-0.05, 0) is 68.2 Å². The lowest BCUT2D eigenvalue weighted by Gasteiger charge is -2.32. The van der Waals surface area contributed by atoms with Crippen LogP contribution in [0.25, 0.3) is 0 Å². The van der Waals surface area contributed by atoms with Crippen LogP contribution in [-0.2, 0) is 4.79 Å². The number of nitrogens with zero attached hydrogens (tertiary/aromatic N) is 2. The summed E-state index contributed by atoms with van der Waals surface area (Å²) in [6.07, 6.45) is 6.31. The highest BCUT2D eigenvalue weighted by Crippen LogP contribution is 2.31. The van der Waals surface area contributed by atoms with Gasteiger partial charge in [0.1, 0.15) is 5.78 Å². The number of Topliss-reactive ketones (excluding diaryl/α,β-unsaturated/α-hetero) is 1. The summed E-state index contributed by atoms with van der Waals surface area (Å²) in [6.45, 7) is 7.17. The van der Waals surface area contributed by atoms with Crippen molar-refractivity contribution in [1.82, 2.24) is 9.88 Å². The minimum atomic E-state index is 0.0551. The average Bonchev–Trinajstić information content (AvgIpc) is 2.83. The first-order valence-electron chi connectivity index (χ1n) is 11.6. The first-order valence-corrected chi connectivity index (χ1v) is 11.6. The van der Waals surface area contributed by atoms with Gasteiger partial charge in [0.25, 0.3) is 5.91 Å². The minimum Gasteiger partial charge on any atom is -0.481 e. The lowest BCUT2D eigenvalue weighted by Crippen LogP contribution is -2.38. The number of nitrogens with two attached hydrogens (primary N) is 1. The second kappa shape index (κ2) is 12.8. The van der Waals surface area contributed by atoms with Crippen molar-refractivity contribution in [2.75, 3.05) is 25.9 Å². The first-order chi connectivity index (χ1) is 15.5. The molecule has 0 radical (unpaired) electrons. The van der Waals surface area contributed by atoms with Crippen molar-refractivity contribution in [2.24, 2.45) is 5.92 Å². The highest BCUT2D eigenvalue weighted by molar-refractivity contribution is 5.95. The van der Waals surface area contributed by atoms with Crippen LogP contribution in [0, 0.1) is 5.92 Å². The third-order valence-corrected chi connectivity index (χ3v) is 5.93. The van der Waals surface area contributed by atoms with E-state index in [0.717, 1.165) is 44.3 Å². The van der Waals surface area contributed by atoms with E-state index < -0.39 is 0 Å². The normalized spacial score (nSPS) is 14.8. The molecule has 2 heterocycles. The standard InChI is InChI=1S/C24H31N3O3.C2H6/c1-17(28)14-19(21-8-9-23(30-2)26-16-21)7-6-18-10-12-27(13-11-18)24(29)20-4-3-5-22(25)15-20;1-2/h3-5,8-9,15-16,18-19H,6-7,10-14,25H2,1-2H3;1-2H3. The van der Waals surface area contributed by atoms with Gasteiger partial charge in [0.05, 0.1) is 7.11 Å². The molecule has 1 aliphatic rings. The smallest absolute Gasteiger partial charge is 0.253 e. The van der Waals surface area contributed by atoms with Gasteiger partial charge in [-0.25, -0.2) is 4.98 Å². The summed E-state index contributed by atoms with van der Waals surface area (Å²) in [6, 6.07) is 11.0. The number of carbonyl (C=O) groups is 2. The molecule has 1 unspecified atom stereocenters. The molecule has 2 N–H and O–H groups in total. The molecule has 1 aliphatic heterocycles. The SMILES string of the molecule is CC.COc1ccc(C(CCC2CCN(C(=O)c3cccc(N)c3)CC2)CC(C)=O)cn1. The van der Waals surface area contributed by atoms with Crippen LogP contribution >= 0.6 is 0 Å². The zero-order valence-electron chi connectivity index (χ0n) is 19.8. The lowest BCUT2D eigenvalue weighted by atomic mass is 9.84. The molecule has 0 saturated carbocycles. The maximum Gasteiger partial charge on any atom is 0.253 e. The number of ether oxygens (including phenoxy) is 1. The van der Waals surface area contributed by atoms with Gasteiger partial charge < -0.3 is 20.2 Å². The summed E-state index contributed by atoms with van der Waals surface area (Å²) in [4.78, 5) is 30.7. The fourth-order valence-corrected chi connectivity index (χ4v) is 4.20. The number of benzene rings is 1. The number of anilines is 1. The molecule has 32 heavy (non-hydrogen) atoms. The second-order valence-corrected chi connectivity index (χ2v) is 8.18. The maximum atomic E-state index is 12.7. The summed E-state index contributed by atoms with van der Waals surface area (Å²) in [5.41, 5.74) is 8.16. The van der Waals surface area contributed by atoms with Crippen LogP contribution in [0.1, 0.15) is 74.7 Å². The van der Waals surface area contributed by atoms with Crippen LogP contribution in [0.2, 0.25) is 0 Å². The monoisotopic (exact) mass is 439 g/mol. The largest absolute Gasteiger partial charge is 0.481 e.